The molecule has 0 saturated heterocycles. The van der Waals surface area contributed by atoms with Crippen LogP contribution in [0, 0.1) is 0 Å². The molecular weight excluding hydrogens is 381 g/mol. The number of rotatable bonds is 5. The molecule has 3 rings (SSSR count). The first-order chi connectivity index (χ1) is 13.1. The Bertz CT molecular complexity index is 964. The lowest BCUT2D eigenvalue weighted by atomic mass is 10.0. The van der Waals surface area contributed by atoms with E-state index >= 15 is 0 Å². The molecule has 1 aliphatic rings. The number of benzene rings is 1. The zero-order valence-corrected chi connectivity index (χ0v) is 15.0. The quantitative estimate of drug-likeness (QED) is 0.596. The molecule has 0 fully saturated rings. The summed E-state index contributed by atoms with van der Waals surface area (Å²) in [6, 6.07) is 3.06. The van der Waals surface area contributed by atoms with Crippen molar-refractivity contribution in [3.8, 4) is 5.75 Å². The van der Waals surface area contributed by atoms with Crippen LogP contribution in [0.2, 0.25) is 0 Å². The number of ether oxygens (including phenoxy) is 2. The number of aromatic amines is 1. The SMILES string of the molecule is CCOC(=O)c1cc2c3c(cc(C(C)=O)c2[nH]1)CC(CNC(=O)C(F)(F)F)O3. The fourth-order valence-corrected chi connectivity index (χ4v) is 3.09. The minimum absolute atomic E-state index is 0.130. The smallest absolute Gasteiger partial charge is 0.471 e. The number of carbonyl (C=O) groups excluding carboxylic acids is 3. The Kier molecular flexibility index (Phi) is 5.05. The molecule has 0 spiro atoms. The molecule has 1 unspecified atom stereocenters. The molecular formula is C18H17F3N2O5. The molecule has 2 aromatic rings. The Labute approximate surface area is 157 Å². The summed E-state index contributed by atoms with van der Waals surface area (Å²) in [5.41, 5.74) is 1.45. The maximum absolute atomic E-state index is 12.3. The molecule has 1 amide bonds. The summed E-state index contributed by atoms with van der Waals surface area (Å²) in [5.74, 6) is -2.54. The highest BCUT2D eigenvalue weighted by atomic mass is 19.4. The average Bonchev–Trinajstić information content (AvgIpc) is 3.21. The Morgan fingerprint density at radius 1 is 1.32 bits per heavy atom. The number of aromatic nitrogens is 1. The molecule has 28 heavy (non-hydrogen) atoms. The van der Waals surface area contributed by atoms with Crippen LogP contribution in [-0.2, 0) is 16.0 Å². The number of amides is 1. The summed E-state index contributed by atoms with van der Waals surface area (Å²) >= 11 is 0. The van der Waals surface area contributed by atoms with Crippen molar-refractivity contribution in [1.82, 2.24) is 10.3 Å². The van der Waals surface area contributed by atoms with Gasteiger partial charge in [-0.1, -0.05) is 0 Å². The summed E-state index contributed by atoms with van der Waals surface area (Å²) in [7, 11) is 0. The Morgan fingerprint density at radius 3 is 2.64 bits per heavy atom. The molecule has 1 atom stereocenters. The number of nitrogens with one attached hydrogen (secondary N) is 2. The molecule has 0 aliphatic carbocycles. The predicted octanol–water partition coefficient (Wildman–Crippen LogP) is 2.53. The van der Waals surface area contributed by atoms with Crippen LogP contribution >= 0.6 is 0 Å². The van der Waals surface area contributed by atoms with Gasteiger partial charge in [0.1, 0.15) is 17.5 Å². The highest BCUT2D eigenvalue weighted by Crippen LogP contribution is 2.39. The molecule has 10 heteroatoms. The first-order valence-corrected chi connectivity index (χ1v) is 8.50. The van der Waals surface area contributed by atoms with Gasteiger partial charge in [0, 0.05) is 17.4 Å². The van der Waals surface area contributed by atoms with Gasteiger partial charge in [-0.2, -0.15) is 13.2 Å². The number of H-pyrrole nitrogens is 1. The van der Waals surface area contributed by atoms with E-state index in [0.717, 1.165) is 0 Å². The van der Waals surface area contributed by atoms with E-state index in [9.17, 15) is 27.6 Å². The van der Waals surface area contributed by atoms with E-state index in [2.05, 4.69) is 4.98 Å². The van der Waals surface area contributed by atoms with Crippen molar-refractivity contribution in [3.05, 3.63) is 29.0 Å². The number of ketones is 1. The number of hydrogen-bond acceptors (Lipinski definition) is 5. The Morgan fingerprint density at radius 2 is 2.04 bits per heavy atom. The maximum Gasteiger partial charge on any atom is 0.471 e. The van der Waals surface area contributed by atoms with Crippen molar-refractivity contribution >= 4 is 28.6 Å². The van der Waals surface area contributed by atoms with Crippen LogP contribution in [0.3, 0.4) is 0 Å². The zero-order valence-electron chi connectivity index (χ0n) is 15.0. The number of fused-ring (bicyclic) bond motifs is 3. The summed E-state index contributed by atoms with van der Waals surface area (Å²) in [6.07, 6.45) is -5.49. The molecule has 150 valence electrons. The van der Waals surface area contributed by atoms with E-state index in [1.165, 1.54) is 13.0 Å². The number of alkyl halides is 3. The third kappa shape index (κ3) is 3.67. The van der Waals surface area contributed by atoms with E-state index in [0.29, 0.717) is 27.8 Å². The van der Waals surface area contributed by atoms with Crippen LogP contribution in [0.15, 0.2) is 12.1 Å². The number of hydrogen-bond donors (Lipinski definition) is 2. The molecule has 2 N–H and O–H groups in total. The van der Waals surface area contributed by atoms with Gasteiger partial charge in [-0.3, -0.25) is 9.59 Å². The zero-order chi connectivity index (χ0) is 20.6. The van der Waals surface area contributed by atoms with Crippen LogP contribution < -0.4 is 10.1 Å². The molecule has 1 aromatic heterocycles. The fraction of sp³-hybridized carbons (Fsp3) is 0.389. The normalized spacial score (nSPS) is 15.8. The minimum atomic E-state index is -4.98. The highest BCUT2D eigenvalue weighted by Gasteiger charge is 2.39. The topological polar surface area (TPSA) is 97.5 Å². The van der Waals surface area contributed by atoms with Crippen LogP contribution in [0.1, 0.15) is 40.3 Å². The number of carbonyl (C=O) groups is 3. The van der Waals surface area contributed by atoms with E-state index in [1.807, 2.05) is 0 Å². The number of halogens is 3. The standard InChI is InChI=1S/C18H17F3N2O5/c1-3-27-16(25)13-6-12-14(23-13)11(8(2)24)5-9-4-10(28-15(9)12)7-22-17(26)18(19,20)21/h5-6,10,23H,3-4,7H2,1-2H3,(H,22,26). The van der Waals surface area contributed by atoms with Gasteiger partial charge in [0.2, 0.25) is 0 Å². The lowest BCUT2D eigenvalue weighted by molar-refractivity contribution is -0.173. The molecule has 7 nitrogen and oxygen atoms in total. The van der Waals surface area contributed by atoms with E-state index in [1.54, 1.807) is 18.3 Å². The molecule has 1 aromatic carbocycles. The lowest BCUT2D eigenvalue weighted by Crippen LogP contribution is -2.41. The van der Waals surface area contributed by atoms with Crippen molar-refractivity contribution in [2.24, 2.45) is 0 Å². The predicted molar refractivity (Wildman–Crippen MR) is 91.4 cm³/mol. The fourth-order valence-electron chi connectivity index (χ4n) is 3.09. The Balaban J connectivity index is 1.91. The molecule has 0 bridgehead atoms. The van der Waals surface area contributed by atoms with Gasteiger partial charge >= 0.3 is 18.1 Å². The van der Waals surface area contributed by atoms with Crippen molar-refractivity contribution in [2.75, 3.05) is 13.2 Å². The van der Waals surface area contributed by atoms with Gasteiger partial charge in [0.25, 0.3) is 0 Å². The van der Waals surface area contributed by atoms with E-state index in [-0.39, 0.29) is 31.0 Å². The van der Waals surface area contributed by atoms with Gasteiger partial charge in [-0.25, -0.2) is 4.79 Å². The Hall–Kier alpha value is -3.04. The first kappa shape index (κ1) is 19.7. The van der Waals surface area contributed by atoms with Crippen molar-refractivity contribution in [3.63, 3.8) is 0 Å². The third-order valence-electron chi connectivity index (χ3n) is 4.30. The summed E-state index contributed by atoms with van der Waals surface area (Å²) in [6.45, 7) is 2.84. The second-order valence-corrected chi connectivity index (χ2v) is 6.31. The van der Waals surface area contributed by atoms with Gasteiger partial charge in [0.05, 0.1) is 18.7 Å². The van der Waals surface area contributed by atoms with Gasteiger partial charge in [0.15, 0.2) is 5.78 Å². The number of Topliss-reactive ketones (excluding diaryl/α,β-unsaturated/α-hetero) is 1. The van der Waals surface area contributed by atoms with E-state index in [4.69, 9.17) is 9.47 Å². The van der Waals surface area contributed by atoms with Crippen molar-refractivity contribution < 1.29 is 37.0 Å². The third-order valence-corrected chi connectivity index (χ3v) is 4.30. The molecule has 0 radical (unpaired) electrons. The van der Waals surface area contributed by atoms with Crippen LogP contribution in [-0.4, -0.2) is 48.1 Å². The summed E-state index contributed by atoms with van der Waals surface area (Å²) < 4.78 is 47.7. The van der Waals surface area contributed by atoms with Crippen LogP contribution in [0.4, 0.5) is 13.2 Å². The number of esters is 1. The van der Waals surface area contributed by atoms with Gasteiger partial charge in [-0.15, -0.1) is 0 Å². The van der Waals surface area contributed by atoms with Gasteiger partial charge in [-0.05, 0) is 31.5 Å². The second-order valence-electron chi connectivity index (χ2n) is 6.31. The van der Waals surface area contributed by atoms with E-state index < -0.39 is 24.2 Å². The van der Waals surface area contributed by atoms with Crippen molar-refractivity contribution in [1.29, 1.82) is 0 Å². The van der Waals surface area contributed by atoms with Gasteiger partial charge < -0.3 is 19.8 Å². The monoisotopic (exact) mass is 398 g/mol. The summed E-state index contributed by atoms with van der Waals surface area (Å²) in [4.78, 5) is 37.9. The largest absolute Gasteiger partial charge is 0.487 e. The van der Waals surface area contributed by atoms with Crippen LogP contribution in [0.25, 0.3) is 10.9 Å². The summed E-state index contributed by atoms with van der Waals surface area (Å²) in [5, 5.41) is 2.24. The molecule has 0 saturated carbocycles. The first-order valence-electron chi connectivity index (χ1n) is 8.50. The lowest BCUT2D eigenvalue weighted by Gasteiger charge is -2.13. The van der Waals surface area contributed by atoms with Crippen molar-refractivity contribution in [2.45, 2.75) is 32.5 Å². The highest BCUT2D eigenvalue weighted by molar-refractivity contribution is 6.10. The maximum atomic E-state index is 12.3. The second kappa shape index (κ2) is 7.17. The molecule has 2 heterocycles. The molecule has 1 aliphatic heterocycles. The average molecular weight is 398 g/mol. The van der Waals surface area contributed by atoms with Crippen LogP contribution in [0.5, 0.6) is 5.75 Å². The minimum Gasteiger partial charge on any atom is -0.487 e.